The first-order valence-corrected chi connectivity index (χ1v) is 10.2. The SMILES string of the molecule is CCc1cnc(CCNC(=NC)NCc2ccccc2OCCN(C)C)s1. The second-order valence-electron chi connectivity index (χ2n) is 6.44. The zero-order chi connectivity index (χ0) is 19.5. The Labute approximate surface area is 166 Å². The van der Waals surface area contributed by atoms with Gasteiger partial charge in [0.15, 0.2) is 5.96 Å². The van der Waals surface area contributed by atoms with E-state index in [-0.39, 0.29) is 0 Å². The zero-order valence-corrected chi connectivity index (χ0v) is 17.6. The van der Waals surface area contributed by atoms with Crippen LogP contribution < -0.4 is 15.4 Å². The van der Waals surface area contributed by atoms with Crippen molar-refractivity contribution in [2.24, 2.45) is 4.99 Å². The number of aliphatic imine (C=N–C) groups is 1. The van der Waals surface area contributed by atoms with Gasteiger partial charge in [0.2, 0.25) is 0 Å². The van der Waals surface area contributed by atoms with Crippen LogP contribution in [0.25, 0.3) is 0 Å². The fourth-order valence-electron chi connectivity index (χ4n) is 2.44. The fourth-order valence-corrected chi connectivity index (χ4v) is 3.31. The topological polar surface area (TPSA) is 61.8 Å². The van der Waals surface area contributed by atoms with Crippen molar-refractivity contribution < 1.29 is 4.74 Å². The van der Waals surface area contributed by atoms with Gasteiger partial charge in [-0.2, -0.15) is 0 Å². The van der Waals surface area contributed by atoms with Gasteiger partial charge in [-0.1, -0.05) is 25.1 Å². The third kappa shape index (κ3) is 7.56. The van der Waals surface area contributed by atoms with Gasteiger partial charge in [0.05, 0.1) is 5.01 Å². The van der Waals surface area contributed by atoms with Crippen LogP contribution in [0.5, 0.6) is 5.75 Å². The molecule has 27 heavy (non-hydrogen) atoms. The quantitative estimate of drug-likeness (QED) is 0.483. The van der Waals surface area contributed by atoms with E-state index in [0.29, 0.717) is 13.2 Å². The summed E-state index contributed by atoms with van der Waals surface area (Å²) >= 11 is 1.78. The molecule has 6 nitrogen and oxygen atoms in total. The number of nitrogens with one attached hydrogen (secondary N) is 2. The molecule has 0 amide bonds. The van der Waals surface area contributed by atoms with Crippen molar-refractivity contribution in [2.45, 2.75) is 26.3 Å². The van der Waals surface area contributed by atoms with Gasteiger partial charge >= 0.3 is 0 Å². The Morgan fingerprint density at radius 1 is 1.26 bits per heavy atom. The molecule has 1 aromatic carbocycles. The van der Waals surface area contributed by atoms with Gasteiger partial charge in [-0.15, -0.1) is 11.3 Å². The molecule has 0 saturated heterocycles. The number of benzene rings is 1. The van der Waals surface area contributed by atoms with E-state index < -0.39 is 0 Å². The molecular weight excluding hydrogens is 358 g/mol. The Bertz CT molecular complexity index is 714. The van der Waals surface area contributed by atoms with E-state index in [4.69, 9.17) is 4.74 Å². The third-order valence-electron chi connectivity index (χ3n) is 4.02. The number of hydrogen-bond acceptors (Lipinski definition) is 5. The molecule has 0 aliphatic rings. The van der Waals surface area contributed by atoms with E-state index in [9.17, 15) is 0 Å². The average molecular weight is 390 g/mol. The molecule has 7 heteroatoms. The van der Waals surface area contributed by atoms with Crippen LogP contribution in [0, 0.1) is 0 Å². The van der Waals surface area contributed by atoms with E-state index in [1.807, 2.05) is 38.5 Å². The molecule has 1 aromatic heterocycles. The Hall–Kier alpha value is -2.12. The maximum absolute atomic E-state index is 5.92. The lowest BCUT2D eigenvalue weighted by Gasteiger charge is -2.16. The summed E-state index contributed by atoms with van der Waals surface area (Å²) in [6.45, 7) is 5.18. The third-order valence-corrected chi connectivity index (χ3v) is 5.22. The number of ether oxygens (including phenoxy) is 1. The molecule has 1 heterocycles. The lowest BCUT2D eigenvalue weighted by molar-refractivity contribution is 0.259. The molecular formula is C20H31N5OS. The van der Waals surface area contributed by atoms with Crippen molar-refractivity contribution in [1.29, 1.82) is 0 Å². The molecule has 0 aliphatic heterocycles. The predicted octanol–water partition coefficient (Wildman–Crippen LogP) is 2.55. The number of guanidine groups is 1. The van der Waals surface area contributed by atoms with Crippen molar-refractivity contribution >= 4 is 17.3 Å². The highest BCUT2D eigenvalue weighted by Crippen LogP contribution is 2.17. The molecule has 0 radical (unpaired) electrons. The van der Waals surface area contributed by atoms with E-state index in [2.05, 4.69) is 38.5 Å². The Balaban J connectivity index is 1.79. The van der Waals surface area contributed by atoms with Crippen molar-refractivity contribution in [2.75, 3.05) is 40.8 Å². The van der Waals surface area contributed by atoms with Crippen molar-refractivity contribution in [3.05, 3.63) is 45.9 Å². The lowest BCUT2D eigenvalue weighted by atomic mass is 10.2. The molecule has 0 spiro atoms. The van der Waals surface area contributed by atoms with E-state index in [0.717, 1.165) is 48.2 Å². The van der Waals surface area contributed by atoms with Crippen LogP contribution in [-0.2, 0) is 19.4 Å². The molecule has 148 valence electrons. The number of hydrogen-bond donors (Lipinski definition) is 2. The standard InChI is InChI=1S/C20H31N5OS/c1-5-17-15-23-19(27-17)10-11-22-20(21-2)24-14-16-8-6-7-9-18(16)26-13-12-25(3)4/h6-9,15H,5,10-14H2,1-4H3,(H2,21,22,24). The average Bonchev–Trinajstić information content (AvgIpc) is 3.13. The van der Waals surface area contributed by atoms with Gasteiger partial charge < -0.3 is 20.3 Å². The summed E-state index contributed by atoms with van der Waals surface area (Å²) in [7, 11) is 5.87. The first-order chi connectivity index (χ1) is 13.1. The van der Waals surface area contributed by atoms with Crippen molar-refractivity contribution in [3.63, 3.8) is 0 Å². The maximum Gasteiger partial charge on any atom is 0.191 e. The van der Waals surface area contributed by atoms with Crippen LogP contribution in [0.2, 0.25) is 0 Å². The molecule has 0 unspecified atom stereocenters. The number of thiazole rings is 1. The molecule has 2 aromatic rings. The number of likely N-dealkylation sites (N-methyl/N-ethyl adjacent to an activating group) is 1. The zero-order valence-electron chi connectivity index (χ0n) is 16.8. The van der Waals surface area contributed by atoms with Crippen LogP contribution in [0.4, 0.5) is 0 Å². The highest BCUT2D eigenvalue weighted by molar-refractivity contribution is 7.11. The van der Waals surface area contributed by atoms with E-state index in [1.54, 1.807) is 18.4 Å². The van der Waals surface area contributed by atoms with Gasteiger partial charge in [0.1, 0.15) is 12.4 Å². The molecule has 0 atom stereocenters. The summed E-state index contributed by atoms with van der Waals surface area (Å²) in [5.41, 5.74) is 1.12. The van der Waals surface area contributed by atoms with Gasteiger partial charge in [-0.3, -0.25) is 4.99 Å². The van der Waals surface area contributed by atoms with Crippen LogP contribution in [0.3, 0.4) is 0 Å². The molecule has 0 bridgehead atoms. The van der Waals surface area contributed by atoms with Crippen LogP contribution in [0.1, 0.15) is 22.4 Å². The summed E-state index contributed by atoms with van der Waals surface area (Å²) in [5.74, 6) is 1.70. The Morgan fingerprint density at radius 2 is 2.07 bits per heavy atom. The minimum absolute atomic E-state index is 0.662. The Morgan fingerprint density at radius 3 is 2.78 bits per heavy atom. The lowest BCUT2D eigenvalue weighted by Crippen LogP contribution is -2.37. The van der Waals surface area contributed by atoms with Crippen molar-refractivity contribution in [1.82, 2.24) is 20.5 Å². The minimum atomic E-state index is 0.662. The van der Waals surface area contributed by atoms with Crippen molar-refractivity contribution in [3.8, 4) is 5.75 Å². The fraction of sp³-hybridized carbons (Fsp3) is 0.500. The number of aryl methyl sites for hydroxylation is 1. The van der Waals surface area contributed by atoms with Gasteiger partial charge in [0, 0.05) is 49.7 Å². The van der Waals surface area contributed by atoms with E-state index >= 15 is 0 Å². The summed E-state index contributed by atoms with van der Waals surface area (Å²) in [4.78, 5) is 12.2. The number of aromatic nitrogens is 1. The largest absolute Gasteiger partial charge is 0.492 e. The molecule has 0 aliphatic carbocycles. The van der Waals surface area contributed by atoms with Crippen LogP contribution >= 0.6 is 11.3 Å². The molecule has 0 fully saturated rings. The summed E-state index contributed by atoms with van der Waals surface area (Å²) in [6.07, 6.45) is 3.92. The first-order valence-electron chi connectivity index (χ1n) is 9.36. The summed E-state index contributed by atoms with van der Waals surface area (Å²) in [6, 6.07) is 8.11. The first kappa shape index (κ1) is 21.2. The number of nitrogens with zero attached hydrogens (tertiary/aromatic N) is 3. The Kier molecular flexibility index (Phi) is 9.07. The maximum atomic E-state index is 5.92. The monoisotopic (exact) mass is 389 g/mol. The normalized spacial score (nSPS) is 11.7. The molecule has 2 rings (SSSR count). The van der Waals surface area contributed by atoms with Crippen LogP contribution in [0.15, 0.2) is 35.5 Å². The number of para-hydroxylation sites is 1. The minimum Gasteiger partial charge on any atom is -0.492 e. The smallest absolute Gasteiger partial charge is 0.191 e. The molecule has 0 saturated carbocycles. The molecule has 2 N–H and O–H groups in total. The summed E-state index contributed by atoms with van der Waals surface area (Å²) < 4.78 is 5.92. The number of rotatable bonds is 10. The highest BCUT2D eigenvalue weighted by Gasteiger charge is 2.06. The van der Waals surface area contributed by atoms with Gasteiger partial charge in [0.25, 0.3) is 0 Å². The van der Waals surface area contributed by atoms with E-state index in [1.165, 1.54) is 4.88 Å². The predicted molar refractivity (Wildman–Crippen MR) is 114 cm³/mol. The summed E-state index contributed by atoms with van der Waals surface area (Å²) in [5, 5.41) is 7.87. The van der Waals surface area contributed by atoms with Gasteiger partial charge in [-0.25, -0.2) is 4.98 Å². The highest BCUT2D eigenvalue weighted by atomic mass is 32.1. The van der Waals surface area contributed by atoms with Crippen LogP contribution in [-0.4, -0.2) is 56.7 Å². The van der Waals surface area contributed by atoms with Gasteiger partial charge in [-0.05, 0) is 26.6 Å². The second-order valence-corrected chi connectivity index (χ2v) is 7.64. The second kappa shape index (κ2) is 11.6.